The normalized spacial score (nSPS) is 12.2. The zero-order valence-corrected chi connectivity index (χ0v) is 14.6. The van der Waals surface area contributed by atoms with E-state index in [1.165, 1.54) is 22.0 Å². The third kappa shape index (κ3) is 3.49. The number of carbonyl (C=O) groups is 1. The summed E-state index contributed by atoms with van der Waals surface area (Å²) < 4.78 is 17.3. The van der Waals surface area contributed by atoms with Crippen molar-refractivity contribution in [3.8, 4) is 21.9 Å². The van der Waals surface area contributed by atoms with Crippen molar-refractivity contribution in [3.63, 3.8) is 0 Å². The van der Waals surface area contributed by atoms with Gasteiger partial charge in [-0.3, -0.25) is 14.2 Å². The predicted octanol–water partition coefficient (Wildman–Crippen LogP) is 2.99. The molecule has 1 aliphatic heterocycles. The Balaban J connectivity index is 1.86. The second-order valence-corrected chi connectivity index (χ2v) is 6.67. The fraction of sp³-hybridized carbons (Fsp3) is 0.312. The lowest BCUT2D eigenvalue weighted by molar-refractivity contribution is -0.143. The molecule has 1 aliphatic rings. The Bertz CT molecular complexity index is 856. The molecule has 1 aromatic carbocycles. The molecule has 0 amide bonds. The molecule has 6 nitrogen and oxygen atoms in total. The van der Waals surface area contributed by atoms with Gasteiger partial charge in [0.25, 0.3) is 5.56 Å². The minimum Gasteiger partial charge on any atom is -0.466 e. The molecule has 1 aromatic heterocycles. The molecule has 0 spiro atoms. The van der Waals surface area contributed by atoms with Crippen LogP contribution in [0.2, 0.25) is 0 Å². The highest BCUT2D eigenvalue weighted by atomic mass is 32.1. The third-order valence-corrected chi connectivity index (χ3v) is 4.88. The highest BCUT2D eigenvalue weighted by Gasteiger charge is 2.15. The Morgan fingerprint density at radius 3 is 2.88 bits per heavy atom. The van der Waals surface area contributed by atoms with Gasteiger partial charge in [0.05, 0.1) is 13.0 Å². The van der Waals surface area contributed by atoms with E-state index in [4.69, 9.17) is 26.4 Å². The van der Waals surface area contributed by atoms with Gasteiger partial charge >= 0.3 is 5.97 Å². The summed E-state index contributed by atoms with van der Waals surface area (Å²) in [5.41, 5.74) is 0.598. The van der Waals surface area contributed by atoms with Crippen molar-refractivity contribution in [3.05, 3.63) is 38.6 Å². The molecular weight excluding hydrogens is 350 g/mol. The first kappa shape index (κ1) is 16.7. The number of benzene rings is 1. The number of fused-ring (bicyclic) bond motifs is 1. The van der Waals surface area contributed by atoms with Gasteiger partial charge in [0.2, 0.25) is 6.79 Å². The largest absolute Gasteiger partial charge is 0.466 e. The van der Waals surface area contributed by atoms with E-state index in [0.717, 1.165) is 10.4 Å². The van der Waals surface area contributed by atoms with E-state index in [9.17, 15) is 9.59 Å². The van der Waals surface area contributed by atoms with Crippen LogP contribution in [-0.2, 0) is 16.1 Å². The summed E-state index contributed by atoms with van der Waals surface area (Å²) in [5, 5.41) is 0. The maximum absolute atomic E-state index is 12.3. The van der Waals surface area contributed by atoms with E-state index in [1.54, 1.807) is 13.0 Å². The Kier molecular flexibility index (Phi) is 4.96. The molecule has 3 rings (SSSR count). The van der Waals surface area contributed by atoms with Gasteiger partial charge in [0.1, 0.15) is 0 Å². The quantitative estimate of drug-likeness (QED) is 0.599. The van der Waals surface area contributed by atoms with Gasteiger partial charge in [-0.1, -0.05) is 0 Å². The SMILES string of the molecule is CCOC(=O)CCn1c(=O)cc(-c2ccc3c(c2)OCO3)sc1=S. The molecule has 0 bridgehead atoms. The predicted molar refractivity (Wildman–Crippen MR) is 92.2 cm³/mol. The lowest BCUT2D eigenvalue weighted by Crippen LogP contribution is -2.21. The molecule has 0 atom stereocenters. The molecule has 2 heterocycles. The zero-order chi connectivity index (χ0) is 17.1. The van der Waals surface area contributed by atoms with Gasteiger partial charge in [-0.2, -0.15) is 0 Å². The van der Waals surface area contributed by atoms with E-state index in [1.807, 2.05) is 12.1 Å². The van der Waals surface area contributed by atoms with Crippen LogP contribution in [0.1, 0.15) is 13.3 Å². The molecule has 0 N–H and O–H groups in total. The van der Waals surface area contributed by atoms with Crippen molar-refractivity contribution in [1.29, 1.82) is 0 Å². The summed E-state index contributed by atoms with van der Waals surface area (Å²) in [6.07, 6.45) is 0.119. The van der Waals surface area contributed by atoms with Gasteiger partial charge < -0.3 is 14.2 Å². The van der Waals surface area contributed by atoms with Crippen LogP contribution in [-0.4, -0.2) is 23.9 Å². The number of aromatic nitrogens is 1. The molecule has 8 heteroatoms. The van der Waals surface area contributed by atoms with Gasteiger partial charge in [-0.15, -0.1) is 11.3 Å². The Labute approximate surface area is 147 Å². The lowest BCUT2D eigenvalue weighted by Gasteiger charge is -2.07. The second-order valence-electron chi connectivity index (χ2n) is 4.99. The average Bonchev–Trinajstić information content (AvgIpc) is 3.01. The van der Waals surface area contributed by atoms with Gasteiger partial charge in [-0.25, -0.2) is 0 Å². The summed E-state index contributed by atoms with van der Waals surface area (Å²) in [6, 6.07) is 7.00. The summed E-state index contributed by atoms with van der Waals surface area (Å²) in [7, 11) is 0. The van der Waals surface area contributed by atoms with E-state index < -0.39 is 0 Å². The van der Waals surface area contributed by atoms with Crippen LogP contribution < -0.4 is 15.0 Å². The lowest BCUT2D eigenvalue weighted by atomic mass is 10.2. The number of rotatable bonds is 5. The summed E-state index contributed by atoms with van der Waals surface area (Å²) in [6.45, 7) is 2.48. The van der Waals surface area contributed by atoms with E-state index in [2.05, 4.69) is 0 Å². The summed E-state index contributed by atoms with van der Waals surface area (Å²) in [5.74, 6) is 0.992. The molecule has 126 valence electrons. The molecule has 2 aromatic rings. The molecule has 0 fully saturated rings. The molecule has 0 saturated heterocycles. The molecule has 0 aliphatic carbocycles. The average molecular weight is 365 g/mol. The number of carbonyl (C=O) groups excluding carboxylic acids is 1. The van der Waals surface area contributed by atoms with Crippen molar-refractivity contribution >= 4 is 29.5 Å². The maximum atomic E-state index is 12.3. The van der Waals surface area contributed by atoms with Gasteiger partial charge in [-0.05, 0) is 42.9 Å². The molecule has 0 radical (unpaired) electrons. The van der Waals surface area contributed by atoms with E-state index in [-0.39, 0.29) is 31.3 Å². The van der Waals surface area contributed by atoms with Crippen molar-refractivity contribution in [2.24, 2.45) is 0 Å². The molecular formula is C16H15NO5S2. The Morgan fingerprint density at radius 2 is 2.12 bits per heavy atom. The zero-order valence-electron chi connectivity index (χ0n) is 12.9. The number of ether oxygens (including phenoxy) is 3. The smallest absolute Gasteiger partial charge is 0.307 e. The van der Waals surface area contributed by atoms with Crippen molar-refractivity contribution in [2.75, 3.05) is 13.4 Å². The Morgan fingerprint density at radius 1 is 1.33 bits per heavy atom. The first-order valence-electron chi connectivity index (χ1n) is 7.39. The van der Waals surface area contributed by atoms with Crippen molar-refractivity contribution in [1.82, 2.24) is 4.57 Å². The fourth-order valence-electron chi connectivity index (χ4n) is 2.29. The van der Waals surface area contributed by atoms with Crippen molar-refractivity contribution in [2.45, 2.75) is 19.9 Å². The van der Waals surface area contributed by atoms with Crippen LogP contribution in [0.25, 0.3) is 10.4 Å². The topological polar surface area (TPSA) is 66.8 Å². The minimum absolute atomic E-state index is 0.119. The van der Waals surface area contributed by atoms with Gasteiger partial charge in [0, 0.05) is 17.5 Å². The monoisotopic (exact) mass is 365 g/mol. The highest BCUT2D eigenvalue weighted by Crippen LogP contribution is 2.36. The van der Waals surface area contributed by atoms with Crippen LogP contribution in [0.3, 0.4) is 0 Å². The molecule has 24 heavy (non-hydrogen) atoms. The minimum atomic E-state index is -0.344. The Hall–Kier alpha value is -2.19. The van der Waals surface area contributed by atoms with Crippen LogP contribution in [0.4, 0.5) is 0 Å². The van der Waals surface area contributed by atoms with Crippen LogP contribution in [0, 0.1) is 3.95 Å². The number of hydrogen-bond donors (Lipinski definition) is 0. The van der Waals surface area contributed by atoms with E-state index >= 15 is 0 Å². The maximum Gasteiger partial charge on any atom is 0.307 e. The number of esters is 1. The first-order chi connectivity index (χ1) is 11.6. The van der Waals surface area contributed by atoms with Crippen LogP contribution >= 0.6 is 23.6 Å². The summed E-state index contributed by atoms with van der Waals surface area (Å²) >= 11 is 6.63. The van der Waals surface area contributed by atoms with Gasteiger partial charge in [0.15, 0.2) is 15.5 Å². The van der Waals surface area contributed by atoms with Crippen LogP contribution in [0.15, 0.2) is 29.1 Å². The van der Waals surface area contributed by atoms with Crippen LogP contribution in [0.5, 0.6) is 11.5 Å². The summed E-state index contributed by atoms with van der Waals surface area (Å²) in [4.78, 5) is 24.5. The molecule has 0 saturated carbocycles. The molecule has 0 unspecified atom stereocenters. The standard InChI is InChI=1S/C16H15NO5S2/c1-2-20-15(19)5-6-17-14(18)8-13(24-16(17)23)10-3-4-11-12(7-10)22-9-21-11/h3-4,7-8H,2,5-6,9H2,1H3. The number of hydrogen-bond acceptors (Lipinski definition) is 7. The van der Waals surface area contributed by atoms with Crippen molar-refractivity contribution < 1.29 is 19.0 Å². The fourth-order valence-corrected chi connectivity index (χ4v) is 3.62. The third-order valence-electron chi connectivity index (χ3n) is 3.44. The second kappa shape index (κ2) is 7.14. The number of nitrogens with zero attached hydrogens (tertiary/aromatic N) is 1. The first-order valence-corrected chi connectivity index (χ1v) is 8.61. The highest BCUT2D eigenvalue weighted by molar-refractivity contribution is 7.73. The van der Waals surface area contributed by atoms with E-state index in [0.29, 0.717) is 22.1 Å².